The maximum atomic E-state index is 13.2. The Kier molecular flexibility index (Phi) is 4.53. The number of benzene rings is 1. The SMILES string of the molecule is COc1ccc(-c2ccno2)cc1S(=O)(=O)N1CCN(C)C(=O)C1C. The molecule has 0 saturated carbocycles. The quantitative estimate of drug-likeness (QED) is 0.808. The van der Waals surface area contributed by atoms with Crippen molar-refractivity contribution in [3.63, 3.8) is 0 Å². The molecule has 2 aromatic rings. The smallest absolute Gasteiger partial charge is 0.247 e. The Bertz CT molecular complexity index is 879. The molecule has 0 spiro atoms. The van der Waals surface area contributed by atoms with Crippen molar-refractivity contribution >= 4 is 15.9 Å². The molecule has 2 heterocycles. The third-order valence-corrected chi connectivity index (χ3v) is 6.29. The van der Waals surface area contributed by atoms with E-state index in [0.717, 1.165) is 0 Å². The fourth-order valence-electron chi connectivity index (χ4n) is 2.85. The first-order valence-electron chi connectivity index (χ1n) is 7.72. The van der Waals surface area contributed by atoms with Gasteiger partial charge in [-0.05, 0) is 25.1 Å². The van der Waals surface area contributed by atoms with Crippen molar-refractivity contribution in [1.29, 1.82) is 0 Å². The van der Waals surface area contributed by atoms with Gasteiger partial charge in [0.15, 0.2) is 5.76 Å². The first kappa shape index (κ1) is 17.4. The summed E-state index contributed by atoms with van der Waals surface area (Å²) >= 11 is 0. The Morgan fingerprint density at radius 1 is 1.28 bits per heavy atom. The maximum absolute atomic E-state index is 13.2. The Balaban J connectivity index is 2.07. The predicted octanol–water partition coefficient (Wildman–Crippen LogP) is 1.20. The highest BCUT2D eigenvalue weighted by atomic mass is 32.2. The zero-order chi connectivity index (χ0) is 18.2. The van der Waals surface area contributed by atoms with Crippen LogP contribution in [0.1, 0.15) is 6.92 Å². The molecular formula is C16H19N3O5S. The minimum Gasteiger partial charge on any atom is -0.495 e. The first-order valence-corrected chi connectivity index (χ1v) is 9.16. The lowest BCUT2D eigenvalue weighted by Gasteiger charge is -2.36. The summed E-state index contributed by atoms with van der Waals surface area (Å²) in [7, 11) is -0.861. The highest BCUT2D eigenvalue weighted by molar-refractivity contribution is 7.89. The van der Waals surface area contributed by atoms with Crippen LogP contribution in [0.25, 0.3) is 11.3 Å². The monoisotopic (exact) mass is 365 g/mol. The highest BCUT2D eigenvalue weighted by Gasteiger charge is 2.39. The molecule has 9 heteroatoms. The summed E-state index contributed by atoms with van der Waals surface area (Å²) < 4.78 is 37.9. The number of methoxy groups -OCH3 is 1. The van der Waals surface area contributed by atoms with Crippen LogP contribution in [0.15, 0.2) is 39.9 Å². The molecule has 3 rings (SSSR count). The standard InChI is InChI=1S/C16H19N3O5S/c1-11-16(20)18(2)8-9-19(11)25(21,22)15-10-12(4-5-14(15)23-3)13-6-7-17-24-13/h4-7,10-11H,8-9H2,1-3H3. The number of sulfonamides is 1. The molecule has 0 aliphatic carbocycles. The third kappa shape index (κ3) is 3.00. The van der Waals surface area contributed by atoms with Gasteiger partial charge in [0.05, 0.1) is 13.3 Å². The van der Waals surface area contributed by atoms with E-state index in [1.165, 1.54) is 28.6 Å². The van der Waals surface area contributed by atoms with Gasteiger partial charge < -0.3 is 14.2 Å². The van der Waals surface area contributed by atoms with Crippen molar-refractivity contribution in [3.8, 4) is 17.1 Å². The van der Waals surface area contributed by atoms with Gasteiger partial charge >= 0.3 is 0 Å². The predicted molar refractivity (Wildman–Crippen MR) is 89.5 cm³/mol. The fraction of sp³-hybridized carbons (Fsp3) is 0.375. The van der Waals surface area contributed by atoms with E-state index < -0.39 is 16.1 Å². The topological polar surface area (TPSA) is 92.9 Å². The van der Waals surface area contributed by atoms with Crippen molar-refractivity contribution in [2.45, 2.75) is 17.9 Å². The van der Waals surface area contributed by atoms with Gasteiger partial charge in [-0.25, -0.2) is 8.42 Å². The molecule has 25 heavy (non-hydrogen) atoms. The van der Waals surface area contributed by atoms with E-state index in [1.54, 1.807) is 32.2 Å². The Morgan fingerprint density at radius 2 is 2.04 bits per heavy atom. The number of hydrogen-bond acceptors (Lipinski definition) is 6. The lowest BCUT2D eigenvalue weighted by atomic mass is 10.2. The molecule has 1 fully saturated rings. The minimum atomic E-state index is -3.93. The molecular weight excluding hydrogens is 346 g/mol. The van der Waals surface area contributed by atoms with Crippen LogP contribution in [0.4, 0.5) is 0 Å². The van der Waals surface area contributed by atoms with Crippen LogP contribution < -0.4 is 4.74 Å². The van der Waals surface area contributed by atoms with Crippen molar-refractivity contribution in [3.05, 3.63) is 30.5 Å². The zero-order valence-corrected chi connectivity index (χ0v) is 15.0. The molecule has 0 radical (unpaired) electrons. The Labute approximate surface area is 146 Å². The lowest BCUT2D eigenvalue weighted by Crippen LogP contribution is -2.56. The first-order chi connectivity index (χ1) is 11.9. The molecule has 1 amide bonds. The van der Waals surface area contributed by atoms with Gasteiger partial charge in [0.2, 0.25) is 15.9 Å². The largest absolute Gasteiger partial charge is 0.495 e. The summed E-state index contributed by atoms with van der Waals surface area (Å²) in [5.41, 5.74) is 0.560. The number of likely N-dealkylation sites (N-methyl/N-ethyl adjacent to an activating group) is 1. The van der Waals surface area contributed by atoms with Crippen LogP contribution in [0.2, 0.25) is 0 Å². The molecule has 134 valence electrons. The minimum absolute atomic E-state index is 0.00639. The third-order valence-electron chi connectivity index (χ3n) is 4.29. The molecule has 1 aromatic carbocycles. The highest BCUT2D eigenvalue weighted by Crippen LogP contribution is 2.33. The zero-order valence-electron chi connectivity index (χ0n) is 14.2. The van der Waals surface area contributed by atoms with Crippen LogP contribution in [0, 0.1) is 0 Å². The summed E-state index contributed by atoms with van der Waals surface area (Å²) in [4.78, 5) is 13.7. The normalized spacial score (nSPS) is 19.2. The van der Waals surface area contributed by atoms with Gasteiger partial charge in [0.1, 0.15) is 16.7 Å². The average molecular weight is 365 g/mol. The number of rotatable bonds is 4. The van der Waals surface area contributed by atoms with Crippen LogP contribution >= 0.6 is 0 Å². The molecule has 1 unspecified atom stereocenters. The van der Waals surface area contributed by atoms with Gasteiger partial charge in [0, 0.05) is 31.8 Å². The van der Waals surface area contributed by atoms with Gasteiger partial charge in [-0.2, -0.15) is 4.31 Å². The van der Waals surface area contributed by atoms with Crippen LogP contribution in [0.5, 0.6) is 5.75 Å². The van der Waals surface area contributed by atoms with Gasteiger partial charge in [-0.3, -0.25) is 4.79 Å². The summed E-state index contributed by atoms with van der Waals surface area (Å²) in [6, 6.07) is 5.59. The van der Waals surface area contributed by atoms with E-state index in [0.29, 0.717) is 17.9 Å². The molecule has 1 aliphatic heterocycles. The number of carbonyl (C=O) groups excluding carboxylic acids is 1. The molecule has 1 aliphatic rings. The number of amides is 1. The number of carbonyl (C=O) groups is 1. The Hall–Kier alpha value is -2.39. The molecule has 1 atom stereocenters. The molecule has 8 nitrogen and oxygen atoms in total. The van der Waals surface area contributed by atoms with Crippen LogP contribution in [-0.2, 0) is 14.8 Å². The van der Waals surface area contributed by atoms with Gasteiger partial charge in [-0.1, -0.05) is 5.16 Å². The number of nitrogens with zero attached hydrogens (tertiary/aromatic N) is 3. The summed E-state index contributed by atoms with van der Waals surface area (Å²) in [6.07, 6.45) is 1.48. The van der Waals surface area contributed by atoms with E-state index >= 15 is 0 Å². The second-order valence-corrected chi connectivity index (χ2v) is 7.65. The average Bonchev–Trinajstić information content (AvgIpc) is 3.13. The number of piperazine rings is 1. The van der Waals surface area contributed by atoms with E-state index in [4.69, 9.17) is 9.26 Å². The molecule has 1 aromatic heterocycles. The lowest BCUT2D eigenvalue weighted by molar-refractivity contribution is -0.136. The van der Waals surface area contributed by atoms with E-state index in [-0.39, 0.29) is 23.1 Å². The van der Waals surface area contributed by atoms with Crippen LogP contribution in [-0.4, -0.2) is 62.0 Å². The van der Waals surface area contributed by atoms with E-state index in [2.05, 4.69) is 5.16 Å². The number of ether oxygens (including phenoxy) is 1. The van der Waals surface area contributed by atoms with Crippen molar-refractivity contribution < 1.29 is 22.5 Å². The van der Waals surface area contributed by atoms with Crippen molar-refractivity contribution in [2.24, 2.45) is 0 Å². The molecule has 0 N–H and O–H groups in total. The van der Waals surface area contributed by atoms with E-state index in [9.17, 15) is 13.2 Å². The van der Waals surface area contributed by atoms with Crippen molar-refractivity contribution in [2.75, 3.05) is 27.2 Å². The van der Waals surface area contributed by atoms with E-state index in [1.807, 2.05) is 0 Å². The van der Waals surface area contributed by atoms with Crippen molar-refractivity contribution in [1.82, 2.24) is 14.4 Å². The second kappa shape index (κ2) is 6.49. The maximum Gasteiger partial charge on any atom is 0.247 e. The van der Waals surface area contributed by atoms with Gasteiger partial charge in [0.25, 0.3) is 0 Å². The van der Waals surface area contributed by atoms with Crippen LogP contribution in [0.3, 0.4) is 0 Å². The summed E-state index contributed by atoms with van der Waals surface area (Å²) in [5, 5.41) is 3.64. The number of hydrogen-bond donors (Lipinski definition) is 0. The summed E-state index contributed by atoms with van der Waals surface area (Å²) in [5.74, 6) is 0.420. The summed E-state index contributed by atoms with van der Waals surface area (Å²) in [6.45, 7) is 2.15. The molecule has 0 bridgehead atoms. The Morgan fingerprint density at radius 3 is 2.68 bits per heavy atom. The molecule has 1 saturated heterocycles. The second-order valence-electron chi connectivity index (χ2n) is 5.79. The van der Waals surface area contributed by atoms with Gasteiger partial charge in [-0.15, -0.1) is 0 Å². The number of aromatic nitrogens is 1. The fourth-order valence-corrected chi connectivity index (χ4v) is 4.61.